The fraction of sp³-hybridized carbons (Fsp3) is 0.381. The molecule has 1 atom stereocenters. The highest BCUT2D eigenvalue weighted by Gasteiger charge is 2.27. The highest BCUT2D eigenvalue weighted by molar-refractivity contribution is 5.98. The molecular weight excluding hydrogens is 361 g/mol. The summed E-state index contributed by atoms with van der Waals surface area (Å²) >= 11 is 0. The number of nitrogens with zero attached hydrogens (tertiary/aromatic N) is 3. The summed E-state index contributed by atoms with van der Waals surface area (Å²) in [6.07, 6.45) is 6.17. The maximum atomic E-state index is 13.3. The fourth-order valence-corrected chi connectivity index (χ4v) is 4.01. The van der Waals surface area contributed by atoms with Crippen molar-refractivity contribution < 1.29 is 19.1 Å². The average molecular weight is 383 g/mol. The number of carbonyl (C=O) groups excluding carboxylic acids is 2. The zero-order valence-corrected chi connectivity index (χ0v) is 15.5. The number of piperidine rings is 1. The topological polar surface area (TPSA) is 73.7 Å². The van der Waals surface area contributed by atoms with Crippen molar-refractivity contribution in [1.82, 2.24) is 9.88 Å². The Morgan fingerprint density at radius 2 is 2.04 bits per heavy atom. The van der Waals surface area contributed by atoms with Crippen LogP contribution in [0.15, 0.2) is 36.7 Å². The molecule has 2 amide bonds. The van der Waals surface area contributed by atoms with Gasteiger partial charge < -0.3 is 14.9 Å². The number of benzene rings is 1. The zero-order valence-electron chi connectivity index (χ0n) is 15.5. The number of aromatic nitrogens is 1. The molecule has 1 unspecified atom stereocenters. The molecule has 2 fully saturated rings. The maximum absolute atomic E-state index is 13.3. The maximum Gasteiger partial charge on any atom is 0.255 e. The molecule has 1 aromatic carbocycles. The third-order valence-corrected chi connectivity index (χ3v) is 5.51. The number of phenols is 1. The molecule has 2 aromatic rings. The van der Waals surface area contributed by atoms with E-state index in [0.717, 1.165) is 24.8 Å². The molecule has 0 radical (unpaired) electrons. The van der Waals surface area contributed by atoms with Gasteiger partial charge in [0, 0.05) is 38.2 Å². The fourth-order valence-electron chi connectivity index (χ4n) is 4.01. The normalized spacial score (nSPS) is 19.9. The van der Waals surface area contributed by atoms with Crippen LogP contribution >= 0.6 is 0 Å². The lowest BCUT2D eigenvalue weighted by atomic mass is 9.90. The van der Waals surface area contributed by atoms with E-state index >= 15 is 0 Å². The lowest BCUT2D eigenvalue weighted by molar-refractivity contribution is -0.117. The highest BCUT2D eigenvalue weighted by atomic mass is 19.1. The van der Waals surface area contributed by atoms with Crippen molar-refractivity contribution in [3.05, 3.63) is 53.6 Å². The molecule has 0 saturated carbocycles. The van der Waals surface area contributed by atoms with Gasteiger partial charge in [0.2, 0.25) is 5.91 Å². The van der Waals surface area contributed by atoms with Gasteiger partial charge in [0.25, 0.3) is 5.91 Å². The Balaban J connectivity index is 1.51. The van der Waals surface area contributed by atoms with Gasteiger partial charge in [0.15, 0.2) is 11.6 Å². The smallest absolute Gasteiger partial charge is 0.255 e. The van der Waals surface area contributed by atoms with Crippen LogP contribution in [0.25, 0.3) is 0 Å². The van der Waals surface area contributed by atoms with Gasteiger partial charge >= 0.3 is 0 Å². The number of pyridine rings is 1. The number of halogens is 1. The van der Waals surface area contributed by atoms with E-state index in [4.69, 9.17) is 0 Å². The second kappa shape index (κ2) is 7.58. The first kappa shape index (κ1) is 18.4. The second-order valence-corrected chi connectivity index (χ2v) is 7.38. The molecule has 28 heavy (non-hydrogen) atoms. The first-order valence-corrected chi connectivity index (χ1v) is 9.56. The number of aromatic hydroxyl groups is 1. The molecule has 3 heterocycles. The van der Waals surface area contributed by atoms with Gasteiger partial charge in [-0.25, -0.2) is 4.39 Å². The third-order valence-electron chi connectivity index (χ3n) is 5.51. The van der Waals surface area contributed by atoms with Gasteiger partial charge in [0.05, 0.1) is 17.4 Å². The number of hydrogen-bond donors (Lipinski definition) is 1. The summed E-state index contributed by atoms with van der Waals surface area (Å²) in [7, 11) is 0. The number of amides is 2. The lowest BCUT2D eigenvalue weighted by Gasteiger charge is -2.33. The van der Waals surface area contributed by atoms with Crippen LogP contribution in [-0.4, -0.2) is 46.4 Å². The monoisotopic (exact) mass is 383 g/mol. The van der Waals surface area contributed by atoms with E-state index in [2.05, 4.69) is 4.98 Å². The van der Waals surface area contributed by atoms with Crippen LogP contribution in [0.5, 0.6) is 5.75 Å². The number of phenolic OH excluding ortho intramolecular Hbond substituents is 1. The summed E-state index contributed by atoms with van der Waals surface area (Å²) in [5.41, 5.74) is 1.94. The van der Waals surface area contributed by atoms with Crippen LogP contribution in [0.4, 0.5) is 10.1 Å². The molecule has 2 aliphatic rings. The van der Waals surface area contributed by atoms with Crippen molar-refractivity contribution in [2.75, 3.05) is 24.5 Å². The van der Waals surface area contributed by atoms with Crippen LogP contribution in [0.2, 0.25) is 0 Å². The Morgan fingerprint density at radius 3 is 2.79 bits per heavy atom. The molecule has 0 spiro atoms. The van der Waals surface area contributed by atoms with E-state index in [9.17, 15) is 19.1 Å². The van der Waals surface area contributed by atoms with Crippen LogP contribution in [0, 0.1) is 5.82 Å². The largest absolute Gasteiger partial charge is 0.505 e. The Kier molecular flexibility index (Phi) is 4.98. The summed E-state index contributed by atoms with van der Waals surface area (Å²) in [4.78, 5) is 32.6. The first-order chi connectivity index (χ1) is 13.5. The predicted octanol–water partition coefficient (Wildman–Crippen LogP) is 3.07. The van der Waals surface area contributed by atoms with Crippen molar-refractivity contribution in [1.29, 1.82) is 0 Å². The van der Waals surface area contributed by atoms with Crippen molar-refractivity contribution in [2.45, 2.75) is 31.6 Å². The van der Waals surface area contributed by atoms with Gasteiger partial charge in [-0.05, 0) is 43.0 Å². The number of likely N-dealkylation sites (tertiary alicyclic amines) is 1. The van der Waals surface area contributed by atoms with Gasteiger partial charge in [-0.1, -0.05) is 6.07 Å². The van der Waals surface area contributed by atoms with Crippen LogP contribution in [0.3, 0.4) is 0 Å². The average Bonchev–Trinajstić information content (AvgIpc) is 3.15. The zero-order chi connectivity index (χ0) is 19.7. The summed E-state index contributed by atoms with van der Waals surface area (Å²) in [5, 5.41) is 9.64. The van der Waals surface area contributed by atoms with E-state index in [1.807, 2.05) is 0 Å². The number of carbonyl (C=O) groups is 2. The molecule has 0 bridgehead atoms. The minimum absolute atomic E-state index is 0.0421. The minimum atomic E-state index is -0.646. The molecule has 1 aromatic heterocycles. The van der Waals surface area contributed by atoms with Gasteiger partial charge in [-0.15, -0.1) is 0 Å². The SMILES string of the molecule is O=C(c1cncc(N2CCCC2=O)c1)N1CCCC(c2ccc(F)c(O)c2)C1. The molecule has 1 N–H and O–H groups in total. The van der Waals surface area contributed by atoms with E-state index in [1.54, 1.807) is 28.1 Å². The Morgan fingerprint density at radius 1 is 1.18 bits per heavy atom. The molecule has 0 aliphatic carbocycles. The van der Waals surface area contributed by atoms with Crippen molar-refractivity contribution >= 4 is 17.5 Å². The Labute approximate surface area is 162 Å². The number of hydrogen-bond acceptors (Lipinski definition) is 4. The number of anilines is 1. The van der Waals surface area contributed by atoms with Crippen molar-refractivity contribution in [3.8, 4) is 5.75 Å². The molecule has 2 saturated heterocycles. The lowest BCUT2D eigenvalue weighted by Crippen LogP contribution is -2.39. The molecule has 146 valence electrons. The van der Waals surface area contributed by atoms with Crippen molar-refractivity contribution in [3.63, 3.8) is 0 Å². The molecule has 7 heteroatoms. The molecule has 6 nitrogen and oxygen atoms in total. The Bertz CT molecular complexity index is 918. The van der Waals surface area contributed by atoms with Crippen LogP contribution in [-0.2, 0) is 4.79 Å². The first-order valence-electron chi connectivity index (χ1n) is 9.56. The van der Waals surface area contributed by atoms with Gasteiger partial charge in [-0.2, -0.15) is 0 Å². The summed E-state index contributed by atoms with van der Waals surface area (Å²) < 4.78 is 13.3. The molecule has 4 rings (SSSR count). The van der Waals surface area contributed by atoms with Crippen molar-refractivity contribution in [2.24, 2.45) is 0 Å². The van der Waals surface area contributed by atoms with Crippen LogP contribution < -0.4 is 4.90 Å². The highest BCUT2D eigenvalue weighted by Crippen LogP contribution is 2.31. The minimum Gasteiger partial charge on any atom is -0.505 e. The second-order valence-electron chi connectivity index (χ2n) is 7.38. The molecular formula is C21H22FN3O3. The van der Waals surface area contributed by atoms with E-state index < -0.39 is 5.82 Å². The molecule has 2 aliphatic heterocycles. The standard InChI is InChI=1S/C21H22FN3O3/c22-18-6-5-14(10-19(18)26)15-3-1-7-24(13-15)21(28)16-9-17(12-23-11-16)25-8-2-4-20(25)27/h5-6,9-12,15,26H,1-4,7-8,13H2. The van der Waals surface area contributed by atoms with E-state index in [1.165, 1.54) is 18.3 Å². The quantitative estimate of drug-likeness (QED) is 0.884. The van der Waals surface area contributed by atoms with E-state index in [0.29, 0.717) is 37.3 Å². The Hall–Kier alpha value is -2.96. The van der Waals surface area contributed by atoms with Gasteiger partial charge in [-0.3, -0.25) is 14.6 Å². The summed E-state index contributed by atoms with van der Waals surface area (Å²) in [6, 6.07) is 6.09. The summed E-state index contributed by atoms with van der Waals surface area (Å²) in [6.45, 7) is 1.78. The number of rotatable bonds is 3. The van der Waals surface area contributed by atoms with E-state index in [-0.39, 0.29) is 23.5 Å². The van der Waals surface area contributed by atoms with Gasteiger partial charge in [0.1, 0.15) is 0 Å². The van der Waals surface area contributed by atoms with Crippen LogP contribution in [0.1, 0.15) is 47.5 Å². The summed E-state index contributed by atoms with van der Waals surface area (Å²) in [5.74, 6) is -1.04. The predicted molar refractivity (Wildman–Crippen MR) is 102 cm³/mol. The third kappa shape index (κ3) is 3.56.